The van der Waals surface area contributed by atoms with E-state index in [2.05, 4.69) is 33.1 Å². The van der Waals surface area contributed by atoms with Crippen LogP contribution in [0.3, 0.4) is 0 Å². The van der Waals surface area contributed by atoms with Gasteiger partial charge < -0.3 is 0 Å². The predicted octanol–water partition coefficient (Wildman–Crippen LogP) is 4.97. The van der Waals surface area contributed by atoms with E-state index in [0.29, 0.717) is 11.3 Å². The number of hydrogen-bond acceptors (Lipinski definition) is 0. The largest absolute Gasteiger partial charge is 0.103 e. The van der Waals surface area contributed by atoms with E-state index in [1.165, 1.54) is 37.7 Å². The van der Waals surface area contributed by atoms with Crippen molar-refractivity contribution in [2.24, 2.45) is 23.2 Å². The van der Waals surface area contributed by atoms with Crippen LogP contribution in [0.4, 0.5) is 0 Å². The second kappa shape index (κ2) is 4.39. The van der Waals surface area contributed by atoms with Crippen LogP contribution in [0, 0.1) is 23.2 Å². The van der Waals surface area contributed by atoms with E-state index < -0.39 is 0 Å². The Labute approximate surface area is 101 Å². The van der Waals surface area contributed by atoms with Crippen molar-refractivity contribution in [1.82, 2.24) is 0 Å². The van der Waals surface area contributed by atoms with Crippen LogP contribution in [0.2, 0.25) is 0 Å². The summed E-state index contributed by atoms with van der Waals surface area (Å²) in [6.07, 6.45) is 10.4. The topological polar surface area (TPSA) is 0 Å². The van der Waals surface area contributed by atoms with Gasteiger partial charge in [-0.25, -0.2) is 0 Å². The molecule has 0 unspecified atom stereocenters. The third-order valence-corrected chi connectivity index (χ3v) is 5.09. The summed E-state index contributed by atoms with van der Waals surface area (Å²) in [6.45, 7) is 13.0. The van der Waals surface area contributed by atoms with Gasteiger partial charge in [-0.05, 0) is 61.7 Å². The van der Waals surface area contributed by atoms with Gasteiger partial charge in [-0.1, -0.05) is 32.1 Å². The van der Waals surface area contributed by atoms with Crippen LogP contribution in [0.25, 0.3) is 0 Å². The molecule has 2 fully saturated rings. The minimum Gasteiger partial charge on any atom is -0.103 e. The number of hydrogen-bond donors (Lipinski definition) is 0. The first kappa shape index (κ1) is 12.0. The van der Waals surface area contributed by atoms with E-state index >= 15 is 0 Å². The molecule has 0 aromatic carbocycles. The van der Waals surface area contributed by atoms with Crippen LogP contribution in [0.5, 0.6) is 0 Å². The molecule has 0 spiro atoms. The average molecular weight is 218 g/mol. The van der Waals surface area contributed by atoms with E-state index in [-0.39, 0.29) is 0 Å². The molecule has 2 aliphatic carbocycles. The van der Waals surface area contributed by atoms with Crippen LogP contribution in [0.1, 0.15) is 52.4 Å². The van der Waals surface area contributed by atoms with Gasteiger partial charge in [0.25, 0.3) is 0 Å². The highest BCUT2D eigenvalue weighted by Gasteiger charge is 2.43. The smallest absolute Gasteiger partial charge is 0.00837 e. The highest BCUT2D eigenvalue weighted by atomic mass is 14.5. The van der Waals surface area contributed by atoms with Gasteiger partial charge in [0.1, 0.15) is 0 Å². The van der Waals surface area contributed by atoms with Crippen LogP contribution in [0.15, 0.2) is 24.8 Å². The third kappa shape index (κ3) is 2.12. The zero-order chi connectivity index (χ0) is 11.8. The normalized spacial score (nSPS) is 39.4. The molecule has 90 valence electrons. The minimum absolute atomic E-state index is 0.318. The van der Waals surface area contributed by atoms with E-state index in [4.69, 9.17) is 0 Å². The van der Waals surface area contributed by atoms with Crippen molar-refractivity contribution in [1.29, 1.82) is 0 Å². The Bertz CT molecular complexity index is 284. The van der Waals surface area contributed by atoms with Crippen LogP contribution in [-0.4, -0.2) is 0 Å². The maximum Gasteiger partial charge on any atom is -0.00837 e. The summed E-state index contributed by atoms with van der Waals surface area (Å²) in [5.41, 5.74) is 1.77. The highest BCUT2D eigenvalue weighted by Crippen LogP contribution is 2.53. The van der Waals surface area contributed by atoms with Crippen molar-refractivity contribution in [2.45, 2.75) is 52.4 Å². The van der Waals surface area contributed by atoms with Crippen molar-refractivity contribution in [3.63, 3.8) is 0 Å². The van der Waals surface area contributed by atoms with E-state index in [1.807, 2.05) is 0 Å². The lowest BCUT2D eigenvalue weighted by molar-refractivity contribution is 0.139. The summed E-state index contributed by atoms with van der Waals surface area (Å²) < 4.78 is 0. The fourth-order valence-corrected chi connectivity index (χ4v) is 3.48. The molecule has 0 aromatic rings. The molecule has 2 aliphatic rings. The summed E-state index contributed by atoms with van der Waals surface area (Å²) in [6, 6.07) is 0. The standard InChI is InChI=1S/C16H26/c1-5-12(3)15-11-14(13-7-8-13)9-10-16(15,4)6-2/h6,13-15H,2-3,5,7-11H2,1,4H3/t14-,15+,16-/m1/s1. The molecule has 3 atom stereocenters. The summed E-state index contributed by atoms with van der Waals surface area (Å²) >= 11 is 0. The first-order valence-corrected chi connectivity index (χ1v) is 6.92. The van der Waals surface area contributed by atoms with Crippen molar-refractivity contribution >= 4 is 0 Å². The number of allylic oxidation sites excluding steroid dienone is 2. The monoisotopic (exact) mass is 218 g/mol. The van der Waals surface area contributed by atoms with Crippen molar-refractivity contribution in [2.75, 3.05) is 0 Å². The van der Waals surface area contributed by atoms with Crippen LogP contribution in [-0.2, 0) is 0 Å². The average Bonchev–Trinajstić information content (AvgIpc) is 3.12. The molecule has 16 heavy (non-hydrogen) atoms. The Kier molecular flexibility index (Phi) is 3.28. The Morgan fingerprint density at radius 3 is 2.50 bits per heavy atom. The lowest BCUT2D eigenvalue weighted by atomic mass is 9.61. The highest BCUT2D eigenvalue weighted by molar-refractivity contribution is 5.14. The minimum atomic E-state index is 0.318. The van der Waals surface area contributed by atoms with Gasteiger partial charge in [-0.3, -0.25) is 0 Å². The Morgan fingerprint density at radius 2 is 2.00 bits per heavy atom. The summed E-state index contributed by atoms with van der Waals surface area (Å²) in [4.78, 5) is 0. The van der Waals surface area contributed by atoms with Crippen molar-refractivity contribution in [3.8, 4) is 0 Å². The van der Waals surface area contributed by atoms with Gasteiger partial charge in [-0.2, -0.15) is 0 Å². The van der Waals surface area contributed by atoms with Crippen LogP contribution < -0.4 is 0 Å². The fourth-order valence-electron chi connectivity index (χ4n) is 3.48. The molecule has 0 radical (unpaired) electrons. The Morgan fingerprint density at radius 1 is 1.31 bits per heavy atom. The van der Waals surface area contributed by atoms with Gasteiger partial charge >= 0.3 is 0 Å². The molecule has 0 aromatic heterocycles. The molecular formula is C16H26. The van der Waals surface area contributed by atoms with Gasteiger partial charge in [0.05, 0.1) is 0 Å². The van der Waals surface area contributed by atoms with Gasteiger partial charge in [0, 0.05) is 0 Å². The number of rotatable bonds is 4. The lowest BCUT2D eigenvalue weighted by Crippen LogP contribution is -2.34. The molecule has 0 bridgehead atoms. The lowest BCUT2D eigenvalue weighted by Gasteiger charge is -2.44. The SMILES string of the molecule is C=C[C@]1(C)CC[C@@H](C2CC2)C[C@H]1C(=C)CC. The Balaban J connectivity index is 2.11. The quantitative estimate of drug-likeness (QED) is 0.584. The van der Waals surface area contributed by atoms with E-state index in [1.54, 1.807) is 0 Å². The maximum atomic E-state index is 4.31. The zero-order valence-corrected chi connectivity index (χ0v) is 11.0. The zero-order valence-electron chi connectivity index (χ0n) is 11.0. The molecular weight excluding hydrogens is 192 g/mol. The fraction of sp³-hybridized carbons (Fsp3) is 0.750. The first-order chi connectivity index (χ1) is 7.60. The molecule has 0 saturated heterocycles. The molecule has 2 saturated carbocycles. The second-order valence-corrected chi connectivity index (χ2v) is 6.15. The molecule has 2 rings (SSSR count). The molecule has 0 heterocycles. The van der Waals surface area contributed by atoms with Crippen LogP contribution >= 0.6 is 0 Å². The van der Waals surface area contributed by atoms with Gasteiger partial charge in [0.2, 0.25) is 0 Å². The summed E-state index contributed by atoms with van der Waals surface area (Å²) in [5.74, 6) is 2.73. The maximum absolute atomic E-state index is 4.31. The van der Waals surface area contributed by atoms with Gasteiger partial charge in [0.15, 0.2) is 0 Å². The summed E-state index contributed by atoms with van der Waals surface area (Å²) in [7, 11) is 0. The van der Waals surface area contributed by atoms with Gasteiger partial charge in [-0.15, -0.1) is 6.58 Å². The first-order valence-electron chi connectivity index (χ1n) is 6.92. The molecule has 0 amide bonds. The van der Waals surface area contributed by atoms with Crippen molar-refractivity contribution in [3.05, 3.63) is 24.8 Å². The van der Waals surface area contributed by atoms with E-state index in [9.17, 15) is 0 Å². The summed E-state index contributed by atoms with van der Waals surface area (Å²) in [5, 5.41) is 0. The molecule has 0 heteroatoms. The predicted molar refractivity (Wildman–Crippen MR) is 71.3 cm³/mol. The molecule has 0 aliphatic heterocycles. The third-order valence-electron chi connectivity index (χ3n) is 5.09. The molecule has 0 nitrogen and oxygen atoms in total. The van der Waals surface area contributed by atoms with E-state index in [0.717, 1.165) is 18.3 Å². The molecule has 0 N–H and O–H groups in total. The van der Waals surface area contributed by atoms with Crippen molar-refractivity contribution < 1.29 is 0 Å². The second-order valence-electron chi connectivity index (χ2n) is 6.15. The Hall–Kier alpha value is -0.520.